The zero-order chi connectivity index (χ0) is 17.4. The van der Waals surface area contributed by atoms with Crippen LogP contribution in [0.3, 0.4) is 0 Å². The van der Waals surface area contributed by atoms with E-state index in [0.717, 1.165) is 11.3 Å². The highest BCUT2D eigenvalue weighted by atomic mass is 32.1. The second kappa shape index (κ2) is 6.20. The number of nitrogens with zero attached hydrogens (tertiary/aromatic N) is 3. The summed E-state index contributed by atoms with van der Waals surface area (Å²) in [4.78, 5) is 32.6. The first-order valence-corrected chi connectivity index (χ1v) is 8.59. The second-order valence-corrected chi connectivity index (χ2v) is 6.78. The van der Waals surface area contributed by atoms with Crippen LogP contribution in [0, 0.1) is 13.8 Å². The maximum atomic E-state index is 13.1. The van der Waals surface area contributed by atoms with E-state index in [9.17, 15) is 9.59 Å². The summed E-state index contributed by atoms with van der Waals surface area (Å²) in [5, 5.41) is 0.536. The Kier molecular flexibility index (Phi) is 4.24. The van der Waals surface area contributed by atoms with Crippen molar-refractivity contribution in [3.8, 4) is 0 Å². The lowest BCUT2D eigenvalue weighted by molar-refractivity contribution is 0.0992. The SMILES string of the molecule is CCN(C(=O)c1sc2ncn(C)c(=O)c2c1C)c1cccc(C)c1. The molecular formula is C18H19N3O2S. The number of benzene rings is 1. The van der Waals surface area contributed by atoms with Crippen molar-refractivity contribution in [2.24, 2.45) is 7.05 Å². The van der Waals surface area contributed by atoms with Gasteiger partial charge in [0.25, 0.3) is 11.5 Å². The van der Waals surface area contributed by atoms with Crippen LogP contribution < -0.4 is 10.5 Å². The molecule has 3 rings (SSSR count). The van der Waals surface area contributed by atoms with E-state index in [-0.39, 0.29) is 11.5 Å². The Labute approximate surface area is 144 Å². The van der Waals surface area contributed by atoms with Gasteiger partial charge in [-0.25, -0.2) is 4.98 Å². The van der Waals surface area contributed by atoms with E-state index < -0.39 is 0 Å². The van der Waals surface area contributed by atoms with Gasteiger partial charge in [0.15, 0.2) is 0 Å². The van der Waals surface area contributed by atoms with Crippen LogP contribution in [0.1, 0.15) is 27.7 Å². The van der Waals surface area contributed by atoms with Crippen LogP contribution in [0.25, 0.3) is 10.2 Å². The first-order valence-electron chi connectivity index (χ1n) is 7.77. The van der Waals surface area contributed by atoms with Gasteiger partial charge in [-0.3, -0.25) is 9.59 Å². The number of amides is 1. The topological polar surface area (TPSA) is 55.2 Å². The average molecular weight is 341 g/mol. The largest absolute Gasteiger partial charge is 0.308 e. The molecule has 24 heavy (non-hydrogen) atoms. The second-order valence-electron chi connectivity index (χ2n) is 5.79. The van der Waals surface area contributed by atoms with E-state index in [1.54, 1.807) is 11.9 Å². The summed E-state index contributed by atoms with van der Waals surface area (Å²) < 4.78 is 1.44. The van der Waals surface area contributed by atoms with Gasteiger partial charge < -0.3 is 9.47 Å². The fourth-order valence-electron chi connectivity index (χ4n) is 2.77. The van der Waals surface area contributed by atoms with Crippen LogP contribution in [0.2, 0.25) is 0 Å². The van der Waals surface area contributed by atoms with Crippen molar-refractivity contribution in [2.75, 3.05) is 11.4 Å². The maximum absolute atomic E-state index is 13.1. The molecule has 0 aliphatic carbocycles. The molecule has 3 aromatic rings. The van der Waals surface area contributed by atoms with Gasteiger partial charge in [-0.05, 0) is 44.0 Å². The van der Waals surface area contributed by atoms with Gasteiger partial charge in [0.05, 0.1) is 16.6 Å². The number of hydrogen-bond donors (Lipinski definition) is 0. The Hall–Kier alpha value is -2.47. The molecule has 0 unspecified atom stereocenters. The summed E-state index contributed by atoms with van der Waals surface area (Å²) in [6.45, 7) is 6.32. The van der Waals surface area contributed by atoms with E-state index in [1.165, 1.54) is 22.2 Å². The molecule has 0 aliphatic heterocycles. The highest BCUT2D eigenvalue weighted by Gasteiger charge is 2.23. The molecule has 0 N–H and O–H groups in total. The summed E-state index contributed by atoms with van der Waals surface area (Å²) in [6, 6.07) is 7.85. The molecule has 2 heterocycles. The molecule has 0 radical (unpaired) electrons. The molecule has 0 saturated heterocycles. The molecule has 1 aromatic carbocycles. The zero-order valence-corrected chi connectivity index (χ0v) is 15.0. The van der Waals surface area contributed by atoms with Crippen LogP contribution in [-0.2, 0) is 7.05 Å². The number of hydrogen-bond acceptors (Lipinski definition) is 4. The molecular weight excluding hydrogens is 322 g/mol. The quantitative estimate of drug-likeness (QED) is 0.735. The van der Waals surface area contributed by atoms with Crippen LogP contribution in [0.15, 0.2) is 35.4 Å². The van der Waals surface area contributed by atoms with Crippen LogP contribution in [-0.4, -0.2) is 22.0 Å². The lowest BCUT2D eigenvalue weighted by Gasteiger charge is -2.21. The molecule has 1 amide bonds. The van der Waals surface area contributed by atoms with Crippen molar-refractivity contribution in [2.45, 2.75) is 20.8 Å². The molecule has 2 aromatic heterocycles. The predicted molar refractivity (Wildman–Crippen MR) is 98.1 cm³/mol. The Morgan fingerprint density at radius 2 is 2.08 bits per heavy atom. The van der Waals surface area contributed by atoms with Crippen LogP contribution in [0.4, 0.5) is 5.69 Å². The number of carbonyl (C=O) groups is 1. The summed E-state index contributed by atoms with van der Waals surface area (Å²) in [6.07, 6.45) is 1.49. The normalized spacial score (nSPS) is 11.0. The van der Waals surface area contributed by atoms with E-state index in [1.807, 2.05) is 45.0 Å². The summed E-state index contributed by atoms with van der Waals surface area (Å²) in [5.74, 6) is -0.0920. The molecule has 0 atom stereocenters. The third-order valence-corrected chi connectivity index (χ3v) is 5.27. The van der Waals surface area contributed by atoms with Crippen LogP contribution >= 0.6 is 11.3 Å². The van der Waals surface area contributed by atoms with E-state index in [0.29, 0.717) is 27.2 Å². The molecule has 5 nitrogen and oxygen atoms in total. The van der Waals surface area contributed by atoms with Crippen molar-refractivity contribution in [1.82, 2.24) is 9.55 Å². The number of aryl methyl sites for hydroxylation is 3. The number of anilines is 1. The molecule has 0 aliphatic rings. The fourth-order valence-corrected chi connectivity index (χ4v) is 3.86. The van der Waals surface area contributed by atoms with Crippen molar-refractivity contribution >= 4 is 33.1 Å². The van der Waals surface area contributed by atoms with Crippen molar-refractivity contribution in [3.63, 3.8) is 0 Å². The van der Waals surface area contributed by atoms with Crippen LogP contribution in [0.5, 0.6) is 0 Å². The molecule has 0 spiro atoms. The number of rotatable bonds is 3. The van der Waals surface area contributed by atoms with Gasteiger partial charge in [-0.1, -0.05) is 12.1 Å². The third kappa shape index (κ3) is 2.63. The van der Waals surface area contributed by atoms with Crippen molar-refractivity contribution < 1.29 is 4.79 Å². The van der Waals surface area contributed by atoms with E-state index >= 15 is 0 Å². The number of carbonyl (C=O) groups excluding carboxylic acids is 1. The average Bonchev–Trinajstić information content (AvgIpc) is 2.89. The molecule has 6 heteroatoms. The first-order chi connectivity index (χ1) is 11.4. The smallest absolute Gasteiger partial charge is 0.268 e. The summed E-state index contributed by atoms with van der Waals surface area (Å²) in [7, 11) is 1.67. The maximum Gasteiger partial charge on any atom is 0.268 e. The third-order valence-electron chi connectivity index (χ3n) is 4.08. The Morgan fingerprint density at radius 1 is 1.33 bits per heavy atom. The first kappa shape index (κ1) is 16.4. The monoisotopic (exact) mass is 341 g/mol. The van der Waals surface area contributed by atoms with Gasteiger partial charge in [-0.2, -0.15) is 0 Å². The highest BCUT2D eigenvalue weighted by Crippen LogP contribution is 2.29. The molecule has 0 bridgehead atoms. The standard InChI is InChI=1S/C18H19N3O2S/c1-5-21(13-8-6-7-11(2)9-13)18(23)15-12(3)14-16(24-15)19-10-20(4)17(14)22/h6-10H,5H2,1-4H3. The lowest BCUT2D eigenvalue weighted by atomic mass is 10.1. The zero-order valence-electron chi connectivity index (χ0n) is 14.2. The summed E-state index contributed by atoms with van der Waals surface area (Å²) in [5.41, 5.74) is 2.55. The van der Waals surface area contributed by atoms with Gasteiger partial charge >= 0.3 is 0 Å². The Morgan fingerprint density at radius 3 is 2.75 bits per heavy atom. The van der Waals surface area contributed by atoms with Crippen molar-refractivity contribution in [1.29, 1.82) is 0 Å². The predicted octanol–water partition coefficient (Wildman–Crippen LogP) is 3.28. The Balaban J connectivity index is 2.12. The molecule has 0 saturated carbocycles. The number of aromatic nitrogens is 2. The van der Waals surface area contributed by atoms with Gasteiger partial charge in [0, 0.05) is 19.3 Å². The lowest BCUT2D eigenvalue weighted by Crippen LogP contribution is -2.30. The van der Waals surface area contributed by atoms with Crippen molar-refractivity contribution in [3.05, 3.63) is 57.0 Å². The molecule has 124 valence electrons. The van der Waals surface area contributed by atoms with E-state index in [4.69, 9.17) is 0 Å². The minimum absolute atomic E-state index is 0.0920. The van der Waals surface area contributed by atoms with Gasteiger partial charge in [-0.15, -0.1) is 11.3 Å². The van der Waals surface area contributed by atoms with E-state index in [2.05, 4.69) is 4.98 Å². The van der Waals surface area contributed by atoms with Gasteiger partial charge in [0.2, 0.25) is 0 Å². The minimum Gasteiger partial charge on any atom is -0.308 e. The van der Waals surface area contributed by atoms with Gasteiger partial charge in [0.1, 0.15) is 4.83 Å². The Bertz CT molecular complexity index is 988. The fraction of sp³-hybridized carbons (Fsp3) is 0.278. The molecule has 0 fully saturated rings. The highest BCUT2D eigenvalue weighted by molar-refractivity contribution is 7.20. The number of thiophene rings is 1. The minimum atomic E-state index is -0.119. The number of fused-ring (bicyclic) bond motifs is 1. The summed E-state index contributed by atoms with van der Waals surface area (Å²) >= 11 is 1.28.